The number of carbonyl (C=O) groups is 2. The van der Waals surface area contributed by atoms with Crippen molar-refractivity contribution in [3.63, 3.8) is 0 Å². The third-order valence-corrected chi connectivity index (χ3v) is 9.15. The first-order valence-corrected chi connectivity index (χ1v) is 15.9. The Kier molecular flexibility index (Phi) is 9.47. The van der Waals surface area contributed by atoms with Crippen LogP contribution in [0.5, 0.6) is 0 Å². The van der Waals surface area contributed by atoms with Gasteiger partial charge in [-0.2, -0.15) is 8.78 Å². The molecule has 0 bridgehead atoms. The molecule has 3 aromatic rings. The highest BCUT2D eigenvalue weighted by molar-refractivity contribution is 7.52. The predicted molar refractivity (Wildman–Crippen MR) is 158 cm³/mol. The number of alkyl halides is 2. The summed E-state index contributed by atoms with van der Waals surface area (Å²) in [5, 5.41) is 3.69. The molecule has 0 aliphatic carbocycles. The molecule has 1 fully saturated rings. The highest BCUT2D eigenvalue weighted by atomic mass is 32.1. The topological polar surface area (TPSA) is 120 Å². The molecule has 0 spiro atoms. The average molecular weight is 618 g/mol. The average Bonchev–Trinajstić information content (AvgIpc) is 3.59. The van der Waals surface area contributed by atoms with Gasteiger partial charge in [-0.05, 0) is 35.5 Å². The number of amides is 2. The van der Waals surface area contributed by atoms with Gasteiger partial charge >= 0.3 is 13.3 Å². The van der Waals surface area contributed by atoms with Crippen LogP contribution in [-0.4, -0.2) is 44.1 Å². The van der Waals surface area contributed by atoms with E-state index in [2.05, 4.69) is 22.4 Å². The SMILES string of the molecule is CC(C)(C)C(NC(=O)/C=C/c1ccc(C(F)(F)P(=O)(O)O)cc1)C(=O)N1CCC[C@H]1c1ncc(Cc2ccccc2)s1. The second kappa shape index (κ2) is 12.6. The lowest BCUT2D eigenvalue weighted by molar-refractivity contribution is -0.139. The Morgan fingerprint density at radius 1 is 1.14 bits per heavy atom. The number of carbonyl (C=O) groups excluding carboxylic acids is 2. The summed E-state index contributed by atoms with van der Waals surface area (Å²) in [5.41, 5.74) is -4.20. The second-order valence-corrected chi connectivity index (χ2v) is 14.2. The summed E-state index contributed by atoms with van der Waals surface area (Å²) in [7, 11) is -5.68. The van der Waals surface area contributed by atoms with Gasteiger partial charge in [-0.1, -0.05) is 75.4 Å². The number of nitrogens with one attached hydrogen (secondary N) is 1. The zero-order valence-electron chi connectivity index (χ0n) is 23.5. The minimum atomic E-state index is -5.68. The number of aromatic nitrogens is 1. The highest BCUT2D eigenvalue weighted by Crippen LogP contribution is 2.59. The van der Waals surface area contributed by atoms with E-state index in [1.54, 1.807) is 16.2 Å². The molecule has 2 atom stereocenters. The van der Waals surface area contributed by atoms with Crippen LogP contribution in [0.1, 0.15) is 66.2 Å². The second-order valence-electron chi connectivity index (χ2n) is 11.4. The molecule has 1 aliphatic rings. The Bertz CT molecular complexity index is 1480. The van der Waals surface area contributed by atoms with Gasteiger partial charge in [-0.3, -0.25) is 14.2 Å². The van der Waals surface area contributed by atoms with Crippen LogP contribution >= 0.6 is 18.9 Å². The fourth-order valence-electron chi connectivity index (χ4n) is 4.78. The molecule has 1 aliphatic heterocycles. The van der Waals surface area contributed by atoms with Crippen molar-refractivity contribution < 1.29 is 32.7 Å². The van der Waals surface area contributed by atoms with Gasteiger partial charge in [0.2, 0.25) is 11.8 Å². The predicted octanol–water partition coefficient (Wildman–Crippen LogP) is 5.87. The normalized spacial score (nSPS) is 17.0. The summed E-state index contributed by atoms with van der Waals surface area (Å²) in [5.74, 6) is -0.737. The van der Waals surface area contributed by atoms with Crippen molar-refractivity contribution in [2.45, 2.75) is 57.8 Å². The Morgan fingerprint density at radius 3 is 2.43 bits per heavy atom. The summed E-state index contributed by atoms with van der Waals surface area (Å²) in [6.45, 7) is 6.16. The first-order valence-electron chi connectivity index (χ1n) is 13.5. The molecule has 2 amide bonds. The van der Waals surface area contributed by atoms with E-state index in [1.165, 1.54) is 29.8 Å². The highest BCUT2D eigenvalue weighted by Gasteiger charge is 2.50. The lowest BCUT2D eigenvalue weighted by Crippen LogP contribution is -2.54. The Hall–Kier alpha value is -3.24. The molecule has 2 aromatic carbocycles. The maximum Gasteiger partial charge on any atom is 0.399 e. The van der Waals surface area contributed by atoms with E-state index >= 15 is 0 Å². The van der Waals surface area contributed by atoms with Gasteiger partial charge in [0.05, 0.1) is 6.04 Å². The zero-order valence-corrected chi connectivity index (χ0v) is 25.2. The zero-order chi connectivity index (χ0) is 30.7. The molecule has 3 N–H and O–H groups in total. The summed E-state index contributed by atoms with van der Waals surface area (Å²) >= 11 is 1.59. The molecule has 0 saturated carbocycles. The van der Waals surface area contributed by atoms with E-state index in [9.17, 15) is 22.9 Å². The summed E-state index contributed by atoms with van der Waals surface area (Å²) in [4.78, 5) is 52.1. The fraction of sp³-hybridized carbons (Fsp3) is 0.367. The van der Waals surface area contributed by atoms with E-state index in [0.29, 0.717) is 12.1 Å². The summed E-state index contributed by atoms with van der Waals surface area (Å²) in [6, 6.07) is 13.3. The molecular formula is C30H34F2N3O5PS. The van der Waals surface area contributed by atoms with E-state index in [4.69, 9.17) is 9.79 Å². The number of hydrogen-bond donors (Lipinski definition) is 3. The lowest BCUT2D eigenvalue weighted by atomic mass is 9.85. The van der Waals surface area contributed by atoms with E-state index in [1.807, 2.05) is 45.2 Å². The van der Waals surface area contributed by atoms with Crippen molar-refractivity contribution in [2.75, 3.05) is 6.54 Å². The van der Waals surface area contributed by atoms with E-state index < -0.39 is 36.2 Å². The summed E-state index contributed by atoms with van der Waals surface area (Å²) in [6.07, 6.45) is 6.81. The first kappa shape index (κ1) is 31.7. The van der Waals surface area contributed by atoms with Crippen molar-refractivity contribution in [1.82, 2.24) is 15.2 Å². The van der Waals surface area contributed by atoms with Gasteiger partial charge in [-0.15, -0.1) is 11.3 Å². The number of likely N-dealkylation sites (tertiary alicyclic amines) is 1. The van der Waals surface area contributed by atoms with Crippen molar-refractivity contribution in [3.05, 3.63) is 93.4 Å². The number of rotatable bonds is 9. The monoisotopic (exact) mass is 617 g/mol. The van der Waals surface area contributed by atoms with Gasteiger partial charge in [0.25, 0.3) is 0 Å². The van der Waals surface area contributed by atoms with Crippen LogP contribution in [0.4, 0.5) is 8.78 Å². The molecule has 1 saturated heterocycles. The molecule has 224 valence electrons. The molecule has 42 heavy (non-hydrogen) atoms. The molecular weight excluding hydrogens is 583 g/mol. The van der Waals surface area contributed by atoms with E-state index in [-0.39, 0.29) is 11.9 Å². The Labute approximate surface area is 247 Å². The van der Waals surface area contributed by atoms with Crippen molar-refractivity contribution in [3.8, 4) is 0 Å². The van der Waals surface area contributed by atoms with Crippen molar-refractivity contribution in [1.29, 1.82) is 0 Å². The fourth-order valence-corrected chi connectivity index (χ4v) is 6.37. The molecule has 2 heterocycles. The summed E-state index contributed by atoms with van der Waals surface area (Å²) < 4.78 is 38.9. The third kappa shape index (κ3) is 7.39. The number of halogens is 2. The largest absolute Gasteiger partial charge is 0.399 e. The molecule has 12 heteroatoms. The van der Waals surface area contributed by atoms with Crippen LogP contribution in [-0.2, 0) is 26.2 Å². The minimum Gasteiger partial charge on any atom is -0.340 e. The first-order chi connectivity index (χ1) is 19.7. The van der Waals surface area contributed by atoms with Gasteiger partial charge in [0.1, 0.15) is 11.0 Å². The maximum absolute atomic E-state index is 13.9. The van der Waals surface area contributed by atoms with Crippen LogP contribution in [0, 0.1) is 5.41 Å². The van der Waals surface area contributed by atoms with Crippen molar-refractivity contribution >= 4 is 36.8 Å². The number of benzene rings is 2. The Balaban J connectivity index is 1.44. The van der Waals surface area contributed by atoms with Crippen LogP contribution < -0.4 is 5.32 Å². The van der Waals surface area contributed by atoms with Crippen LogP contribution in [0.25, 0.3) is 6.08 Å². The number of thiazole rings is 1. The van der Waals surface area contributed by atoms with Gasteiger partial charge in [0.15, 0.2) is 0 Å². The van der Waals surface area contributed by atoms with Crippen molar-refractivity contribution in [2.24, 2.45) is 5.41 Å². The molecule has 4 rings (SSSR count). The lowest BCUT2D eigenvalue weighted by Gasteiger charge is -2.35. The van der Waals surface area contributed by atoms with Gasteiger partial charge < -0.3 is 20.0 Å². The van der Waals surface area contributed by atoms with Crippen LogP contribution in [0.15, 0.2) is 66.9 Å². The quantitative estimate of drug-likeness (QED) is 0.204. The van der Waals surface area contributed by atoms with Gasteiger partial charge in [0, 0.05) is 35.7 Å². The number of nitrogens with zero attached hydrogens (tertiary/aromatic N) is 2. The number of hydrogen-bond acceptors (Lipinski definition) is 5. The standard InChI is InChI=1S/C30H34F2N3O5PS/c1-29(2,3)26(34-25(36)16-13-20-11-14-22(15-12-20)30(31,32)41(38,39)40)28(37)35-17-7-10-24(35)27-33-19-23(42-27)18-21-8-5-4-6-9-21/h4-6,8-9,11-16,19,24,26H,7,10,17-18H2,1-3H3,(H,34,36)(H2,38,39,40)/b16-13+/t24-,26?/m0/s1. The van der Waals surface area contributed by atoms with Gasteiger partial charge in [-0.25, -0.2) is 4.98 Å². The maximum atomic E-state index is 13.9. The molecule has 1 unspecified atom stereocenters. The third-order valence-electron chi connectivity index (χ3n) is 7.06. The molecule has 1 aromatic heterocycles. The van der Waals surface area contributed by atoms with Crippen LogP contribution in [0.2, 0.25) is 0 Å². The molecule has 0 radical (unpaired) electrons. The Morgan fingerprint density at radius 2 is 1.81 bits per heavy atom. The minimum absolute atomic E-state index is 0.172. The van der Waals surface area contributed by atoms with Crippen LogP contribution in [0.3, 0.4) is 0 Å². The molecule has 8 nitrogen and oxygen atoms in total. The smallest absolute Gasteiger partial charge is 0.340 e. The van der Waals surface area contributed by atoms with E-state index in [0.717, 1.165) is 41.3 Å².